The molecule has 3 unspecified atom stereocenters. The molecule has 120 valence electrons. The zero-order chi connectivity index (χ0) is 15.0. The Hall–Kier alpha value is -0.0800. The first kappa shape index (κ1) is 18.0. The molecule has 2 nitrogen and oxygen atoms in total. The zero-order valence-corrected chi connectivity index (χ0v) is 14.6. The summed E-state index contributed by atoms with van der Waals surface area (Å²) in [5, 5.41) is 3.75. The monoisotopic (exact) mass is 282 g/mol. The van der Waals surface area contributed by atoms with Crippen molar-refractivity contribution >= 4 is 0 Å². The molecule has 0 aromatic carbocycles. The summed E-state index contributed by atoms with van der Waals surface area (Å²) in [6.45, 7) is 16.6. The lowest BCUT2D eigenvalue weighted by Crippen LogP contribution is -2.46. The van der Waals surface area contributed by atoms with Crippen LogP contribution in [0.1, 0.15) is 66.7 Å². The van der Waals surface area contributed by atoms with Gasteiger partial charge in [-0.2, -0.15) is 0 Å². The Bertz CT molecular complexity index is 240. The summed E-state index contributed by atoms with van der Waals surface area (Å²) < 4.78 is 0. The van der Waals surface area contributed by atoms with E-state index in [9.17, 15) is 0 Å². The first-order chi connectivity index (χ1) is 9.62. The van der Waals surface area contributed by atoms with Gasteiger partial charge in [0.15, 0.2) is 0 Å². The van der Waals surface area contributed by atoms with Crippen LogP contribution in [-0.2, 0) is 0 Å². The molecule has 1 N–H and O–H groups in total. The lowest BCUT2D eigenvalue weighted by atomic mass is 9.73. The van der Waals surface area contributed by atoms with Gasteiger partial charge in [0.25, 0.3) is 0 Å². The summed E-state index contributed by atoms with van der Waals surface area (Å²) in [5.41, 5.74) is 0. The molecule has 1 fully saturated rings. The first-order valence-electron chi connectivity index (χ1n) is 9.07. The lowest BCUT2D eigenvalue weighted by Gasteiger charge is -2.40. The van der Waals surface area contributed by atoms with Gasteiger partial charge in [0.1, 0.15) is 0 Å². The minimum atomic E-state index is 0.755. The van der Waals surface area contributed by atoms with Crippen LogP contribution in [0.5, 0.6) is 0 Å². The van der Waals surface area contributed by atoms with E-state index in [0.29, 0.717) is 0 Å². The fourth-order valence-electron chi connectivity index (χ4n) is 3.73. The Kier molecular flexibility index (Phi) is 8.79. The third-order valence-corrected chi connectivity index (χ3v) is 5.20. The maximum absolute atomic E-state index is 3.75. The molecule has 0 bridgehead atoms. The second-order valence-electron chi connectivity index (χ2n) is 6.99. The molecule has 0 spiro atoms. The smallest absolute Gasteiger partial charge is 0.0108 e. The van der Waals surface area contributed by atoms with Crippen LogP contribution < -0.4 is 5.32 Å². The van der Waals surface area contributed by atoms with Gasteiger partial charge >= 0.3 is 0 Å². The second-order valence-corrected chi connectivity index (χ2v) is 6.99. The van der Waals surface area contributed by atoms with Gasteiger partial charge in [-0.1, -0.05) is 41.0 Å². The fourth-order valence-corrected chi connectivity index (χ4v) is 3.73. The molecule has 0 saturated heterocycles. The number of nitrogens with one attached hydrogen (secondary N) is 1. The Morgan fingerprint density at radius 1 is 1.15 bits per heavy atom. The molecular weight excluding hydrogens is 244 g/mol. The molecule has 20 heavy (non-hydrogen) atoms. The highest BCUT2D eigenvalue weighted by atomic mass is 15.1. The fraction of sp³-hybridized carbons (Fsp3) is 1.00. The van der Waals surface area contributed by atoms with E-state index >= 15 is 0 Å². The largest absolute Gasteiger partial charge is 0.314 e. The van der Waals surface area contributed by atoms with Gasteiger partial charge in [-0.15, -0.1) is 0 Å². The van der Waals surface area contributed by atoms with Crippen molar-refractivity contribution in [3.05, 3.63) is 0 Å². The summed E-state index contributed by atoms with van der Waals surface area (Å²) in [5.74, 6) is 2.65. The third kappa shape index (κ3) is 5.73. The molecule has 0 heterocycles. The number of nitrogens with zero attached hydrogens (tertiary/aromatic N) is 1. The summed E-state index contributed by atoms with van der Waals surface area (Å²) >= 11 is 0. The molecule has 0 radical (unpaired) electrons. The molecule has 0 aliphatic heterocycles. The molecule has 2 heteroatoms. The van der Waals surface area contributed by atoms with Crippen molar-refractivity contribution in [1.82, 2.24) is 10.2 Å². The van der Waals surface area contributed by atoms with E-state index in [1.807, 2.05) is 0 Å². The van der Waals surface area contributed by atoms with E-state index in [1.165, 1.54) is 51.7 Å². The Labute approximate surface area is 127 Å². The average Bonchev–Trinajstić information content (AvgIpc) is 2.44. The SMILES string of the molecule is CCCCN(CC)CC1CC(C(C)C)CCC1NCC. The highest BCUT2D eigenvalue weighted by Gasteiger charge is 2.32. The maximum atomic E-state index is 3.75. The highest BCUT2D eigenvalue weighted by molar-refractivity contribution is 4.87. The third-order valence-electron chi connectivity index (χ3n) is 5.20. The average molecular weight is 283 g/mol. The zero-order valence-electron chi connectivity index (χ0n) is 14.6. The van der Waals surface area contributed by atoms with Gasteiger partial charge in [0.05, 0.1) is 0 Å². The van der Waals surface area contributed by atoms with E-state index < -0.39 is 0 Å². The Balaban J connectivity index is 2.57. The van der Waals surface area contributed by atoms with Crippen LogP contribution in [-0.4, -0.2) is 37.1 Å². The normalized spacial score (nSPS) is 27.4. The van der Waals surface area contributed by atoms with Crippen LogP contribution in [0.3, 0.4) is 0 Å². The van der Waals surface area contributed by atoms with Crippen molar-refractivity contribution in [1.29, 1.82) is 0 Å². The molecule has 1 aliphatic carbocycles. The van der Waals surface area contributed by atoms with Crippen molar-refractivity contribution in [3.63, 3.8) is 0 Å². The molecule has 1 saturated carbocycles. The van der Waals surface area contributed by atoms with Gasteiger partial charge in [0.2, 0.25) is 0 Å². The number of hydrogen-bond acceptors (Lipinski definition) is 2. The van der Waals surface area contributed by atoms with Crippen molar-refractivity contribution in [2.24, 2.45) is 17.8 Å². The standard InChI is InChI=1S/C18H38N2/c1-6-9-12-20(8-3)14-17-13-16(15(4)5)10-11-18(17)19-7-2/h15-19H,6-14H2,1-5H3. The second kappa shape index (κ2) is 9.78. The summed E-state index contributed by atoms with van der Waals surface area (Å²) in [6, 6.07) is 0.755. The lowest BCUT2D eigenvalue weighted by molar-refractivity contribution is 0.123. The van der Waals surface area contributed by atoms with Crippen LogP contribution in [0.15, 0.2) is 0 Å². The Morgan fingerprint density at radius 3 is 2.45 bits per heavy atom. The number of unbranched alkanes of at least 4 members (excludes halogenated alkanes) is 1. The van der Waals surface area contributed by atoms with Crippen LogP contribution in [0, 0.1) is 17.8 Å². The van der Waals surface area contributed by atoms with E-state index in [1.54, 1.807) is 0 Å². The van der Waals surface area contributed by atoms with Gasteiger partial charge < -0.3 is 10.2 Å². The minimum absolute atomic E-state index is 0.755. The Morgan fingerprint density at radius 2 is 1.90 bits per heavy atom. The van der Waals surface area contributed by atoms with E-state index in [-0.39, 0.29) is 0 Å². The first-order valence-corrected chi connectivity index (χ1v) is 9.07. The molecule has 1 rings (SSSR count). The van der Waals surface area contributed by atoms with Crippen molar-refractivity contribution in [2.45, 2.75) is 72.8 Å². The minimum Gasteiger partial charge on any atom is -0.314 e. The number of rotatable bonds is 9. The van der Waals surface area contributed by atoms with Crippen molar-refractivity contribution < 1.29 is 0 Å². The summed E-state index contributed by atoms with van der Waals surface area (Å²) in [7, 11) is 0. The quantitative estimate of drug-likeness (QED) is 0.683. The van der Waals surface area contributed by atoms with E-state index in [4.69, 9.17) is 0 Å². The predicted octanol–water partition coefficient (Wildman–Crippen LogP) is 4.16. The molecule has 0 aromatic heterocycles. The summed E-state index contributed by atoms with van der Waals surface area (Å²) in [4.78, 5) is 2.68. The van der Waals surface area contributed by atoms with Gasteiger partial charge in [-0.05, 0) is 63.1 Å². The topological polar surface area (TPSA) is 15.3 Å². The number of hydrogen-bond donors (Lipinski definition) is 1. The van der Waals surface area contributed by atoms with Gasteiger partial charge in [0, 0.05) is 12.6 Å². The molecule has 0 aromatic rings. The maximum Gasteiger partial charge on any atom is 0.0108 e. The highest BCUT2D eigenvalue weighted by Crippen LogP contribution is 2.34. The van der Waals surface area contributed by atoms with Crippen molar-refractivity contribution in [3.8, 4) is 0 Å². The van der Waals surface area contributed by atoms with Crippen LogP contribution in [0.2, 0.25) is 0 Å². The van der Waals surface area contributed by atoms with Gasteiger partial charge in [-0.25, -0.2) is 0 Å². The molecular formula is C18H38N2. The summed E-state index contributed by atoms with van der Waals surface area (Å²) in [6.07, 6.45) is 6.89. The molecule has 0 amide bonds. The van der Waals surface area contributed by atoms with Gasteiger partial charge in [-0.3, -0.25) is 0 Å². The van der Waals surface area contributed by atoms with Crippen LogP contribution in [0.4, 0.5) is 0 Å². The van der Waals surface area contributed by atoms with Crippen LogP contribution in [0.25, 0.3) is 0 Å². The van der Waals surface area contributed by atoms with Crippen LogP contribution >= 0.6 is 0 Å². The van der Waals surface area contributed by atoms with E-state index in [0.717, 1.165) is 30.3 Å². The molecule has 1 aliphatic rings. The molecule has 3 atom stereocenters. The predicted molar refractivity (Wildman–Crippen MR) is 90.2 cm³/mol. The van der Waals surface area contributed by atoms with Crippen molar-refractivity contribution in [2.75, 3.05) is 26.2 Å². The van der Waals surface area contributed by atoms with E-state index in [2.05, 4.69) is 44.8 Å².